The summed E-state index contributed by atoms with van der Waals surface area (Å²) in [6.45, 7) is 1.68. The molecule has 0 spiro atoms. The van der Waals surface area contributed by atoms with Gasteiger partial charge in [-0.1, -0.05) is 35.7 Å². The maximum absolute atomic E-state index is 10.8. The van der Waals surface area contributed by atoms with Gasteiger partial charge in [0.2, 0.25) is 0 Å². The molecule has 0 bridgehead atoms. The number of carboxylic acids is 1. The molecule has 1 aliphatic heterocycles. The lowest BCUT2D eigenvalue weighted by atomic mass is 9.97. The molecule has 3 nitrogen and oxygen atoms in total. The van der Waals surface area contributed by atoms with Crippen LogP contribution in [0.4, 0.5) is 0 Å². The number of likely N-dealkylation sites (tertiary alicyclic amines) is 1. The van der Waals surface area contributed by atoms with Crippen molar-refractivity contribution in [2.24, 2.45) is 0 Å². The molecule has 0 saturated carbocycles. The Hall–Kier alpha value is -0.770. The number of halogens is 2. The van der Waals surface area contributed by atoms with E-state index in [1.165, 1.54) is 0 Å². The zero-order valence-electron chi connectivity index (χ0n) is 11.3. The first kappa shape index (κ1) is 15.6. The van der Waals surface area contributed by atoms with Crippen LogP contribution in [0.5, 0.6) is 0 Å². The number of nitrogens with zero attached hydrogens (tertiary/aromatic N) is 1. The molecular formula is C15H19Cl2NO2. The van der Waals surface area contributed by atoms with Crippen LogP contribution in [0, 0.1) is 0 Å². The van der Waals surface area contributed by atoms with E-state index in [1.54, 1.807) is 0 Å². The lowest BCUT2D eigenvalue weighted by Crippen LogP contribution is -2.39. The van der Waals surface area contributed by atoms with Gasteiger partial charge in [0, 0.05) is 34.6 Å². The molecule has 2 rings (SSSR count). The van der Waals surface area contributed by atoms with Gasteiger partial charge in [-0.15, -0.1) is 0 Å². The minimum Gasteiger partial charge on any atom is -0.481 e. The van der Waals surface area contributed by atoms with Crippen molar-refractivity contribution in [1.82, 2.24) is 4.90 Å². The van der Waals surface area contributed by atoms with E-state index >= 15 is 0 Å². The van der Waals surface area contributed by atoms with Gasteiger partial charge in [0.25, 0.3) is 0 Å². The number of rotatable bonds is 5. The van der Waals surface area contributed by atoms with Crippen LogP contribution in [0.15, 0.2) is 18.2 Å². The average Bonchev–Trinajstić information content (AvgIpc) is 2.42. The van der Waals surface area contributed by atoms with Gasteiger partial charge in [0.15, 0.2) is 0 Å². The molecule has 1 N–H and O–H groups in total. The quantitative estimate of drug-likeness (QED) is 0.884. The minimum atomic E-state index is -0.730. The van der Waals surface area contributed by atoms with E-state index in [-0.39, 0.29) is 6.42 Å². The molecule has 20 heavy (non-hydrogen) atoms. The summed E-state index contributed by atoms with van der Waals surface area (Å²) in [7, 11) is 0. The van der Waals surface area contributed by atoms with Gasteiger partial charge in [-0.2, -0.15) is 0 Å². The molecule has 5 heteroatoms. The molecule has 1 fully saturated rings. The van der Waals surface area contributed by atoms with Crippen molar-refractivity contribution in [1.29, 1.82) is 0 Å². The van der Waals surface area contributed by atoms with E-state index in [9.17, 15) is 4.79 Å². The van der Waals surface area contributed by atoms with Gasteiger partial charge in [-0.3, -0.25) is 9.69 Å². The van der Waals surface area contributed by atoms with E-state index in [0.29, 0.717) is 29.1 Å². The fourth-order valence-electron chi connectivity index (χ4n) is 2.77. The van der Waals surface area contributed by atoms with Gasteiger partial charge in [-0.25, -0.2) is 0 Å². The highest BCUT2D eigenvalue weighted by atomic mass is 35.5. The Morgan fingerprint density at radius 2 is 2.00 bits per heavy atom. The third-order valence-corrected chi connectivity index (χ3v) is 4.57. The molecule has 1 saturated heterocycles. The predicted octanol–water partition coefficient (Wildman–Crippen LogP) is 4.21. The third-order valence-electron chi connectivity index (χ3n) is 3.86. The summed E-state index contributed by atoms with van der Waals surface area (Å²) >= 11 is 12.4. The molecule has 1 unspecified atom stereocenters. The van der Waals surface area contributed by atoms with E-state index in [2.05, 4.69) is 4.90 Å². The van der Waals surface area contributed by atoms with E-state index in [1.807, 2.05) is 18.2 Å². The minimum absolute atomic E-state index is 0.220. The number of carbonyl (C=O) groups is 1. The van der Waals surface area contributed by atoms with Gasteiger partial charge < -0.3 is 5.11 Å². The van der Waals surface area contributed by atoms with Crippen molar-refractivity contribution in [3.05, 3.63) is 33.8 Å². The number of hydrogen-bond donors (Lipinski definition) is 1. The Bertz CT molecular complexity index is 459. The predicted molar refractivity (Wildman–Crippen MR) is 81.4 cm³/mol. The monoisotopic (exact) mass is 315 g/mol. The van der Waals surface area contributed by atoms with Crippen LogP contribution in [0.3, 0.4) is 0 Å². The van der Waals surface area contributed by atoms with Crippen LogP contribution in [-0.2, 0) is 11.3 Å². The van der Waals surface area contributed by atoms with E-state index in [0.717, 1.165) is 31.4 Å². The van der Waals surface area contributed by atoms with Crippen LogP contribution >= 0.6 is 23.2 Å². The van der Waals surface area contributed by atoms with Crippen LogP contribution in [0.25, 0.3) is 0 Å². The third kappa shape index (κ3) is 4.11. The molecule has 1 aromatic rings. The van der Waals surface area contributed by atoms with Crippen LogP contribution in [0.2, 0.25) is 10.0 Å². The van der Waals surface area contributed by atoms with Crippen LogP contribution in [0.1, 0.15) is 37.7 Å². The maximum atomic E-state index is 10.8. The normalized spacial score (nSPS) is 20.0. The molecule has 1 aromatic carbocycles. The molecule has 0 aliphatic carbocycles. The molecule has 1 atom stereocenters. The molecular weight excluding hydrogens is 297 g/mol. The lowest BCUT2D eigenvalue weighted by molar-refractivity contribution is -0.137. The fraction of sp³-hybridized carbons (Fsp3) is 0.533. The van der Waals surface area contributed by atoms with Crippen molar-refractivity contribution >= 4 is 29.2 Å². The van der Waals surface area contributed by atoms with Gasteiger partial charge >= 0.3 is 5.97 Å². The van der Waals surface area contributed by atoms with Crippen molar-refractivity contribution in [3.63, 3.8) is 0 Å². The summed E-state index contributed by atoms with van der Waals surface area (Å²) in [5.41, 5.74) is 0.943. The maximum Gasteiger partial charge on any atom is 0.303 e. The lowest BCUT2D eigenvalue weighted by Gasteiger charge is -2.36. The van der Waals surface area contributed by atoms with Gasteiger partial charge in [-0.05, 0) is 37.9 Å². The Balaban J connectivity index is 2.06. The second-order valence-corrected chi connectivity index (χ2v) is 6.07. The second kappa shape index (κ2) is 7.30. The fourth-order valence-corrected chi connectivity index (χ4v) is 3.29. The Morgan fingerprint density at radius 1 is 1.30 bits per heavy atom. The molecule has 0 aromatic heterocycles. The zero-order chi connectivity index (χ0) is 14.5. The molecule has 1 heterocycles. The SMILES string of the molecule is O=C(O)CCC1CCCCN1Cc1c(Cl)cccc1Cl. The topological polar surface area (TPSA) is 40.5 Å². The highest BCUT2D eigenvalue weighted by Gasteiger charge is 2.24. The summed E-state index contributed by atoms with van der Waals surface area (Å²) in [4.78, 5) is 13.1. The highest BCUT2D eigenvalue weighted by molar-refractivity contribution is 6.35. The molecule has 0 amide bonds. The molecule has 0 radical (unpaired) electrons. The van der Waals surface area contributed by atoms with Crippen molar-refractivity contribution in [3.8, 4) is 0 Å². The van der Waals surface area contributed by atoms with E-state index in [4.69, 9.17) is 28.3 Å². The van der Waals surface area contributed by atoms with Crippen molar-refractivity contribution in [2.75, 3.05) is 6.54 Å². The zero-order valence-corrected chi connectivity index (χ0v) is 12.8. The first-order valence-corrected chi connectivity index (χ1v) is 7.72. The number of aliphatic carboxylic acids is 1. The Morgan fingerprint density at radius 3 is 2.65 bits per heavy atom. The smallest absolute Gasteiger partial charge is 0.303 e. The Labute approximate surface area is 129 Å². The van der Waals surface area contributed by atoms with Crippen LogP contribution < -0.4 is 0 Å². The first-order valence-electron chi connectivity index (χ1n) is 6.96. The largest absolute Gasteiger partial charge is 0.481 e. The summed E-state index contributed by atoms with van der Waals surface area (Å²) in [5, 5.41) is 10.2. The number of piperidine rings is 1. The van der Waals surface area contributed by atoms with Crippen LogP contribution in [-0.4, -0.2) is 28.6 Å². The Kier molecular flexibility index (Phi) is 5.70. The molecule has 1 aliphatic rings. The second-order valence-electron chi connectivity index (χ2n) is 5.25. The summed E-state index contributed by atoms with van der Waals surface area (Å²) < 4.78 is 0. The summed E-state index contributed by atoms with van der Waals surface area (Å²) in [6, 6.07) is 5.84. The van der Waals surface area contributed by atoms with E-state index < -0.39 is 5.97 Å². The highest BCUT2D eigenvalue weighted by Crippen LogP contribution is 2.29. The average molecular weight is 316 g/mol. The number of carboxylic acid groups (broad SMARTS) is 1. The van der Waals surface area contributed by atoms with Crippen molar-refractivity contribution < 1.29 is 9.90 Å². The first-order chi connectivity index (χ1) is 9.58. The summed E-state index contributed by atoms with van der Waals surface area (Å²) in [6.07, 6.45) is 4.27. The summed E-state index contributed by atoms with van der Waals surface area (Å²) in [5.74, 6) is -0.730. The van der Waals surface area contributed by atoms with Gasteiger partial charge in [0.1, 0.15) is 0 Å². The van der Waals surface area contributed by atoms with Crippen molar-refractivity contribution in [2.45, 2.75) is 44.7 Å². The number of hydrogen-bond acceptors (Lipinski definition) is 2. The standard InChI is InChI=1S/C15H19Cl2NO2/c16-13-5-3-6-14(17)12(13)10-18-9-2-1-4-11(18)7-8-15(19)20/h3,5-6,11H,1-2,4,7-10H2,(H,19,20). The molecule has 110 valence electrons. The number of benzene rings is 1. The van der Waals surface area contributed by atoms with Gasteiger partial charge in [0.05, 0.1) is 0 Å².